The number of thioether (sulfide) groups is 1. The number of carboxylic acid groups (broad SMARTS) is 1. The lowest BCUT2D eigenvalue weighted by molar-refractivity contribution is 0.0696. The smallest absolute Gasteiger partial charge is 0.335 e. The molecule has 1 N–H and O–H groups in total. The van der Waals surface area contributed by atoms with E-state index in [0.717, 1.165) is 11.1 Å². The number of benzene rings is 2. The average Bonchev–Trinajstić information content (AvgIpc) is 2.76. The Labute approximate surface area is 172 Å². The minimum atomic E-state index is -0.985. The molecule has 2 aromatic carbocycles. The summed E-state index contributed by atoms with van der Waals surface area (Å²) in [5, 5.41) is 9.58. The van der Waals surface area contributed by atoms with Gasteiger partial charge in [0.2, 0.25) is 0 Å². The summed E-state index contributed by atoms with van der Waals surface area (Å²) in [4.78, 5) is 31.8. The zero-order chi connectivity index (χ0) is 20.6. The Morgan fingerprint density at radius 2 is 1.76 bits per heavy atom. The van der Waals surface area contributed by atoms with Crippen LogP contribution in [0.1, 0.15) is 31.8 Å². The van der Waals surface area contributed by atoms with Crippen LogP contribution in [-0.4, -0.2) is 33.9 Å². The van der Waals surface area contributed by atoms with Crippen molar-refractivity contribution in [3.8, 4) is 5.75 Å². The summed E-state index contributed by atoms with van der Waals surface area (Å²) in [6, 6.07) is 13.4. The molecule has 29 heavy (non-hydrogen) atoms. The van der Waals surface area contributed by atoms with Crippen LogP contribution in [-0.2, 0) is 5.75 Å². The standard InChI is InChI=1S/C22H18N2O4S/c1-28-20-10-8-17(13-18(20)14-29-22-23-11-2-12-24-22)19(25)9-5-15-3-6-16(7-4-15)21(26)27/h2-13H,14H2,1H3,(H,26,27). The number of aromatic nitrogens is 2. The van der Waals surface area contributed by atoms with E-state index in [-0.39, 0.29) is 11.3 Å². The predicted molar refractivity (Wildman–Crippen MR) is 111 cm³/mol. The van der Waals surface area contributed by atoms with Gasteiger partial charge in [-0.15, -0.1) is 0 Å². The van der Waals surface area contributed by atoms with Crippen LogP contribution in [0.25, 0.3) is 6.08 Å². The van der Waals surface area contributed by atoms with E-state index in [1.165, 1.54) is 30.0 Å². The van der Waals surface area contributed by atoms with Crippen LogP contribution in [0.5, 0.6) is 5.75 Å². The lowest BCUT2D eigenvalue weighted by Crippen LogP contribution is -1.99. The van der Waals surface area contributed by atoms with E-state index in [2.05, 4.69) is 9.97 Å². The van der Waals surface area contributed by atoms with Gasteiger partial charge in [-0.1, -0.05) is 30.0 Å². The Balaban J connectivity index is 1.73. The summed E-state index contributed by atoms with van der Waals surface area (Å²) in [5.41, 5.74) is 2.35. The quantitative estimate of drug-likeness (QED) is 0.257. The summed E-state index contributed by atoms with van der Waals surface area (Å²) in [5.74, 6) is 0.117. The molecular formula is C22H18N2O4S. The van der Waals surface area contributed by atoms with Crippen molar-refractivity contribution in [3.63, 3.8) is 0 Å². The summed E-state index contributed by atoms with van der Waals surface area (Å²) in [7, 11) is 1.59. The van der Waals surface area contributed by atoms with Gasteiger partial charge in [-0.05, 0) is 48.0 Å². The number of hydrogen-bond acceptors (Lipinski definition) is 6. The van der Waals surface area contributed by atoms with E-state index in [9.17, 15) is 9.59 Å². The predicted octanol–water partition coefficient (Wildman–Crippen LogP) is 4.37. The Morgan fingerprint density at radius 3 is 2.41 bits per heavy atom. The van der Waals surface area contributed by atoms with Crippen LogP contribution in [0.15, 0.2) is 72.2 Å². The van der Waals surface area contributed by atoms with Crippen molar-refractivity contribution >= 4 is 29.6 Å². The molecular weight excluding hydrogens is 388 g/mol. The van der Waals surface area contributed by atoms with Gasteiger partial charge >= 0.3 is 5.97 Å². The third kappa shape index (κ3) is 5.52. The Bertz CT molecular complexity index is 1030. The first-order valence-electron chi connectivity index (χ1n) is 8.69. The highest BCUT2D eigenvalue weighted by molar-refractivity contribution is 7.98. The number of nitrogens with zero attached hydrogens (tertiary/aromatic N) is 2. The molecule has 0 bridgehead atoms. The minimum Gasteiger partial charge on any atom is -0.496 e. The van der Waals surface area contributed by atoms with Gasteiger partial charge in [0.25, 0.3) is 0 Å². The van der Waals surface area contributed by atoms with E-state index in [1.807, 2.05) is 0 Å². The topological polar surface area (TPSA) is 89.4 Å². The van der Waals surface area contributed by atoms with Crippen LogP contribution in [0.2, 0.25) is 0 Å². The molecule has 0 aliphatic carbocycles. The number of ether oxygens (including phenoxy) is 1. The molecule has 0 amide bonds. The maximum atomic E-state index is 12.6. The van der Waals surface area contributed by atoms with Gasteiger partial charge in [0, 0.05) is 29.3 Å². The summed E-state index contributed by atoms with van der Waals surface area (Å²) in [6.45, 7) is 0. The minimum absolute atomic E-state index is 0.155. The van der Waals surface area contributed by atoms with Crippen molar-refractivity contribution in [1.82, 2.24) is 9.97 Å². The second kappa shape index (κ2) is 9.66. The van der Waals surface area contributed by atoms with Gasteiger partial charge in [-0.3, -0.25) is 4.79 Å². The molecule has 0 radical (unpaired) electrons. The number of allylic oxidation sites excluding steroid dienone is 1. The number of aromatic carboxylic acids is 1. The molecule has 3 rings (SSSR count). The van der Waals surface area contributed by atoms with E-state index in [0.29, 0.717) is 22.2 Å². The molecule has 3 aromatic rings. The van der Waals surface area contributed by atoms with E-state index in [4.69, 9.17) is 9.84 Å². The van der Waals surface area contributed by atoms with Gasteiger partial charge in [-0.2, -0.15) is 0 Å². The summed E-state index contributed by atoms with van der Waals surface area (Å²) < 4.78 is 5.40. The molecule has 6 nitrogen and oxygen atoms in total. The van der Waals surface area contributed by atoms with Crippen LogP contribution < -0.4 is 4.74 Å². The summed E-state index contributed by atoms with van der Waals surface area (Å²) in [6.07, 6.45) is 6.49. The first-order chi connectivity index (χ1) is 14.1. The van der Waals surface area contributed by atoms with Gasteiger partial charge in [0.1, 0.15) is 5.75 Å². The van der Waals surface area contributed by atoms with Crippen molar-refractivity contribution in [1.29, 1.82) is 0 Å². The third-order valence-corrected chi connectivity index (χ3v) is 4.97. The van der Waals surface area contributed by atoms with Crippen LogP contribution >= 0.6 is 11.8 Å². The molecule has 0 atom stereocenters. The van der Waals surface area contributed by atoms with Crippen molar-refractivity contribution in [2.45, 2.75) is 10.9 Å². The lowest BCUT2D eigenvalue weighted by Gasteiger charge is -2.09. The number of carbonyl (C=O) groups excluding carboxylic acids is 1. The fourth-order valence-corrected chi connectivity index (χ4v) is 3.33. The number of carboxylic acids is 1. The molecule has 0 saturated carbocycles. The molecule has 0 saturated heterocycles. The first-order valence-corrected chi connectivity index (χ1v) is 9.68. The van der Waals surface area contributed by atoms with Crippen molar-refractivity contribution in [2.75, 3.05) is 7.11 Å². The van der Waals surface area contributed by atoms with Crippen LogP contribution in [0, 0.1) is 0 Å². The normalized spacial score (nSPS) is 10.8. The lowest BCUT2D eigenvalue weighted by atomic mass is 10.1. The van der Waals surface area contributed by atoms with Crippen LogP contribution in [0.4, 0.5) is 0 Å². The van der Waals surface area contributed by atoms with Crippen molar-refractivity contribution in [2.24, 2.45) is 0 Å². The van der Waals surface area contributed by atoms with Gasteiger partial charge in [0.15, 0.2) is 10.9 Å². The number of methoxy groups -OCH3 is 1. The SMILES string of the molecule is COc1ccc(C(=O)C=Cc2ccc(C(=O)O)cc2)cc1CSc1ncccn1. The van der Waals surface area contributed by atoms with Gasteiger partial charge in [0.05, 0.1) is 12.7 Å². The van der Waals surface area contributed by atoms with E-state index < -0.39 is 5.97 Å². The zero-order valence-electron chi connectivity index (χ0n) is 15.6. The maximum Gasteiger partial charge on any atom is 0.335 e. The largest absolute Gasteiger partial charge is 0.496 e. The maximum absolute atomic E-state index is 12.6. The highest BCUT2D eigenvalue weighted by Gasteiger charge is 2.10. The van der Waals surface area contributed by atoms with E-state index in [1.54, 1.807) is 62.0 Å². The van der Waals surface area contributed by atoms with Crippen molar-refractivity contribution in [3.05, 3.63) is 89.3 Å². The van der Waals surface area contributed by atoms with Crippen LogP contribution in [0.3, 0.4) is 0 Å². The number of rotatable bonds is 8. The molecule has 0 fully saturated rings. The first kappa shape index (κ1) is 20.3. The Morgan fingerprint density at radius 1 is 1.07 bits per heavy atom. The Hall–Kier alpha value is -3.45. The molecule has 0 aliphatic heterocycles. The molecule has 1 heterocycles. The zero-order valence-corrected chi connectivity index (χ0v) is 16.4. The molecule has 1 aromatic heterocycles. The van der Waals surface area contributed by atoms with Gasteiger partial charge in [-0.25, -0.2) is 14.8 Å². The number of ketones is 1. The third-order valence-electron chi connectivity index (χ3n) is 4.05. The highest BCUT2D eigenvalue weighted by atomic mass is 32.2. The molecule has 7 heteroatoms. The second-order valence-corrected chi connectivity index (χ2v) is 6.91. The summed E-state index contributed by atoms with van der Waals surface area (Å²) >= 11 is 1.46. The fraction of sp³-hybridized carbons (Fsp3) is 0.0909. The molecule has 146 valence electrons. The molecule has 0 aliphatic rings. The monoisotopic (exact) mass is 406 g/mol. The Kier molecular flexibility index (Phi) is 6.76. The highest BCUT2D eigenvalue weighted by Crippen LogP contribution is 2.27. The molecule has 0 spiro atoms. The van der Waals surface area contributed by atoms with Gasteiger partial charge < -0.3 is 9.84 Å². The number of carbonyl (C=O) groups is 2. The molecule has 0 unspecified atom stereocenters. The second-order valence-electron chi connectivity index (χ2n) is 5.97. The van der Waals surface area contributed by atoms with Crippen molar-refractivity contribution < 1.29 is 19.4 Å². The number of hydrogen-bond donors (Lipinski definition) is 1. The van der Waals surface area contributed by atoms with E-state index >= 15 is 0 Å². The fourth-order valence-electron chi connectivity index (χ4n) is 2.55. The average molecular weight is 406 g/mol.